The van der Waals surface area contributed by atoms with E-state index in [0.717, 1.165) is 16.7 Å². The van der Waals surface area contributed by atoms with Crippen LogP contribution in [-0.4, -0.2) is 42.8 Å². The molecule has 0 aliphatic rings. The normalized spacial score (nSPS) is 9.92. The maximum absolute atomic E-state index is 9.75. The zero-order chi connectivity index (χ0) is 9.30. The predicted molar refractivity (Wildman–Crippen MR) is 60.2 cm³/mol. The quantitative estimate of drug-likeness (QED) is 0.699. The molecule has 0 heterocycles. The summed E-state index contributed by atoms with van der Waals surface area (Å²) in [5, 5.41) is 9.75. The van der Waals surface area contributed by atoms with Crippen LogP contribution in [0.25, 0.3) is 0 Å². The van der Waals surface area contributed by atoms with Crippen LogP contribution in [0.5, 0.6) is 5.75 Å². The molecule has 13 heavy (non-hydrogen) atoms. The first-order chi connectivity index (χ1) is 5.54. The number of benzene rings is 1. The molecule has 2 heteroatoms. The summed E-state index contributed by atoms with van der Waals surface area (Å²) < 4.78 is 0. The van der Waals surface area contributed by atoms with Gasteiger partial charge in [-0.15, -0.1) is 0 Å². The van der Waals surface area contributed by atoms with E-state index in [2.05, 4.69) is 19.9 Å². The van der Waals surface area contributed by atoms with Crippen LogP contribution in [0, 0.1) is 13.8 Å². The van der Waals surface area contributed by atoms with Crippen LogP contribution >= 0.6 is 0 Å². The van der Waals surface area contributed by atoms with Gasteiger partial charge < -0.3 is 5.11 Å². The first-order valence-corrected chi connectivity index (χ1v) is 4.33. The van der Waals surface area contributed by atoms with Gasteiger partial charge in [-0.1, -0.05) is 26.0 Å². The second-order valence-corrected chi connectivity index (χ2v) is 3.60. The van der Waals surface area contributed by atoms with Gasteiger partial charge in [-0.05, 0) is 36.5 Å². The molecule has 0 saturated carbocycles. The zero-order valence-corrected chi connectivity index (χ0v) is 8.18. The molecule has 0 unspecified atom stereocenters. The van der Waals surface area contributed by atoms with Gasteiger partial charge in [-0.25, -0.2) is 0 Å². The Hall–Kier alpha value is 0.280. The molecular weight excluding hydrogens is 188 g/mol. The van der Waals surface area contributed by atoms with Gasteiger partial charge in [0.2, 0.25) is 0 Å². The molecule has 0 saturated heterocycles. The third kappa shape index (κ3) is 2.87. The predicted octanol–water partition coefficient (Wildman–Crippen LogP) is 2.22. The summed E-state index contributed by atoms with van der Waals surface area (Å²) in [5.74, 6) is 0.856. The molecule has 1 nitrogen and oxygen atoms in total. The van der Waals surface area contributed by atoms with E-state index in [-0.39, 0.29) is 37.7 Å². The second kappa shape index (κ2) is 5.23. The van der Waals surface area contributed by atoms with E-state index < -0.39 is 0 Å². The molecule has 0 aliphatic heterocycles. The molecule has 1 aromatic carbocycles. The van der Waals surface area contributed by atoms with Gasteiger partial charge in [0.1, 0.15) is 5.75 Å². The summed E-state index contributed by atoms with van der Waals surface area (Å²) in [5.41, 5.74) is 3.19. The van der Waals surface area contributed by atoms with Crippen LogP contribution in [0.4, 0.5) is 0 Å². The third-order valence-electron chi connectivity index (χ3n) is 2.36. The van der Waals surface area contributed by atoms with Crippen LogP contribution in [0.2, 0.25) is 0 Å². The molecule has 0 spiro atoms. The average Bonchev–Trinajstić information content (AvgIpc) is 2.00. The zero-order valence-electron chi connectivity index (χ0n) is 8.18. The fourth-order valence-electron chi connectivity index (χ4n) is 1.29. The molecule has 0 radical (unpaired) electrons. The summed E-state index contributed by atoms with van der Waals surface area (Å²) in [6, 6.07) is 4.06. The molecule has 0 aromatic heterocycles. The Kier molecular flexibility index (Phi) is 5.35. The number of rotatable bonds is 1. The van der Waals surface area contributed by atoms with Crippen molar-refractivity contribution in [1.29, 1.82) is 0 Å². The standard InChI is InChI=1S/C11H16O.Ca.2H/c1-7(2)10-6-5-8(3)9(4)11(10)12;;;/h5-7,12H,1-4H3;;;. The van der Waals surface area contributed by atoms with Crippen LogP contribution in [-0.2, 0) is 0 Å². The van der Waals surface area contributed by atoms with E-state index in [0.29, 0.717) is 11.7 Å². The minimum absolute atomic E-state index is 0. The van der Waals surface area contributed by atoms with Gasteiger partial charge in [0.05, 0.1) is 0 Å². The SMILES string of the molecule is Cc1ccc(C(C)C)c(O)c1C.[CaH2]. The minimum atomic E-state index is 0. The molecule has 1 aromatic rings. The first-order valence-electron chi connectivity index (χ1n) is 4.33. The van der Waals surface area contributed by atoms with Crippen molar-refractivity contribution in [2.24, 2.45) is 0 Å². The van der Waals surface area contributed by atoms with Crippen molar-refractivity contribution in [3.63, 3.8) is 0 Å². The van der Waals surface area contributed by atoms with Crippen molar-refractivity contribution in [3.8, 4) is 5.75 Å². The number of hydrogen-bond acceptors (Lipinski definition) is 1. The van der Waals surface area contributed by atoms with Gasteiger partial charge in [0.15, 0.2) is 0 Å². The number of aromatic hydroxyl groups is 1. The molecular formula is C11H18CaO. The Morgan fingerprint density at radius 2 is 1.69 bits per heavy atom. The Balaban J connectivity index is 0.00000144. The van der Waals surface area contributed by atoms with Crippen molar-refractivity contribution < 1.29 is 5.11 Å². The number of hydrogen-bond donors (Lipinski definition) is 1. The average molecular weight is 206 g/mol. The fourth-order valence-corrected chi connectivity index (χ4v) is 1.29. The Labute approximate surface area is 110 Å². The van der Waals surface area contributed by atoms with Crippen LogP contribution in [0.15, 0.2) is 12.1 Å². The van der Waals surface area contributed by atoms with Gasteiger partial charge in [-0.2, -0.15) is 0 Å². The van der Waals surface area contributed by atoms with E-state index in [4.69, 9.17) is 0 Å². The summed E-state index contributed by atoms with van der Waals surface area (Å²) in [4.78, 5) is 0. The van der Waals surface area contributed by atoms with E-state index in [9.17, 15) is 5.11 Å². The molecule has 0 aliphatic carbocycles. The van der Waals surface area contributed by atoms with Crippen LogP contribution in [0.1, 0.15) is 36.5 Å². The first kappa shape index (κ1) is 13.3. The van der Waals surface area contributed by atoms with Gasteiger partial charge >= 0.3 is 37.7 Å². The van der Waals surface area contributed by atoms with E-state index in [1.165, 1.54) is 0 Å². The van der Waals surface area contributed by atoms with Crippen LogP contribution in [0.3, 0.4) is 0 Å². The summed E-state index contributed by atoms with van der Waals surface area (Å²) >= 11 is 0. The molecule has 0 atom stereocenters. The van der Waals surface area contributed by atoms with Gasteiger partial charge in [-0.3, -0.25) is 0 Å². The van der Waals surface area contributed by atoms with E-state index in [1.807, 2.05) is 19.9 Å². The Morgan fingerprint density at radius 3 is 2.15 bits per heavy atom. The molecule has 0 fully saturated rings. The van der Waals surface area contributed by atoms with Crippen molar-refractivity contribution in [1.82, 2.24) is 0 Å². The summed E-state index contributed by atoms with van der Waals surface area (Å²) in [6.45, 7) is 8.14. The topological polar surface area (TPSA) is 20.2 Å². The Bertz CT molecular complexity index is 292. The maximum atomic E-state index is 9.75. The Morgan fingerprint density at radius 1 is 1.15 bits per heavy atom. The van der Waals surface area contributed by atoms with Crippen LogP contribution < -0.4 is 0 Å². The molecule has 1 N–H and O–H groups in total. The summed E-state index contributed by atoms with van der Waals surface area (Å²) in [6.07, 6.45) is 0. The van der Waals surface area contributed by atoms with Crippen molar-refractivity contribution >= 4 is 37.7 Å². The van der Waals surface area contributed by atoms with Crippen molar-refractivity contribution in [2.45, 2.75) is 33.6 Å². The van der Waals surface area contributed by atoms with E-state index in [1.54, 1.807) is 0 Å². The number of aryl methyl sites for hydroxylation is 1. The third-order valence-corrected chi connectivity index (χ3v) is 2.36. The monoisotopic (exact) mass is 206 g/mol. The van der Waals surface area contributed by atoms with Crippen molar-refractivity contribution in [3.05, 3.63) is 28.8 Å². The van der Waals surface area contributed by atoms with E-state index >= 15 is 0 Å². The number of phenols is 1. The molecule has 70 valence electrons. The molecule has 0 amide bonds. The number of phenolic OH excluding ortho intramolecular Hbond substituents is 1. The fraction of sp³-hybridized carbons (Fsp3) is 0.455. The summed E-state index contributed by atoms with van der Waals surface area (Å²) in [7, 11) is 0. The molecule has 1 rings (SSSR count). The van der Waals surface area contributed by atoms with Gasteiger partial charge in [0, 0.05) is 0 Å². The second-order valence-electron chi connectivity index (χ2n) is 3.60. The van der Waals surface area contributed by atoms with Crippen molar-refractivity contribution in [2.75, 3.05) is 0 Å². The molecule has 0 bridgehead atoms. The van der Waals surface area contributed by atoms with Gasteiger partial charge in [0.25, 0.3) is 0 Å².